The molecule has 0 aliphatic heterocycles. The molecule has 3 rings (SSSR count). The van der Waals surface area contributed by atoms with E-state index in [1.54, 1.807) is 19.2 Å². The van der Waals surface area contributed by atoms with Crippen molar-refractivity contribution in [2.45, 2.75) is 44.3 Å². The summed E-state index contributed by atoms with van der Waals surface area (Å²) in [5, 5.41) is 17.4. The molecule has 0 saturated carbocycles. The predicted octanol–water partition coefficient (Wildman–Crippen LogP) is 5.60. The van der Waals surface area contributed by atoms with E-state index in [0.717, 1.165) is 28.8 Å². The number of alkyl halides is 3. The summed E-state index contributed by atoms with van der Waals surface area (Å²) in [6, 6.07) is 17.6. The average Bonchev–Trinajstić information content (AvgIpc) is 2.79. The molecular formula is C25H27ClF3N3O. The van der Waals surface area contributed by atoms with Crippen molar-refractivity contribution in [3.8, 4) is 0 Å². The Morgan fingerprint density at radius 3 is 2.24 bits per heavy atom. The number of rotatable bonds is 9. The molecule has 0 aliphatic carbocycles. The van der Waals surface area contributed by atoms with Crippen molar-refractivity contribution in [3.63, 3.8) is 0 Å². The molecule has 1 aromatic heterocycles. The van der Waals surface area contributed by atoms with Gasteiger partial charge in [0.15, 0.2) is 0 Å². The Bertz CT molecular complexity index is 1030. The number of aromatic nitrogens is 1. The van der Waals surface area contributed by atoms with Crippen LogP contribution in [-0.2, 0) is 12.6 Å². The maximum atomic E-state index is 12.9. The Balaban J connectivity index is 1.85. The molecule has 0 amide bonds. The highest BCUT2D eigenvalue weighted by Gasteiger charge is 2.30. The zero-order valence-electron chi connectivity index (χ0n) is 18.4. The van der Waals surface area contributed by atoms with Gasteiger partial charge in [-0.05, 0) is 62.2 Å². The molecule has 0 radical (unpaired) electrons. The third-order valence-electron chi connectivity index (χ3n) is 5.53. The van der Waals surface area contributed by atoms with Gasteiger partial charge in [0.2, 0.25) is 0 Å². The van der Waals surface area contributed by atoms with Crippen LogP contribution in [0.5, 0.6) is 0 Å². The normalized spacial score (nSPS) is 14.6. The van der Waals surface area contributed by atoms with E-state index in [2.05, 4.69) is 15.6 Å². The first kappa shape index (κ1) is 25.2. The van der Waals surface area contributed by atoms with E-state index in [4.69, 9.17) is 11.6 Å². The number of aliphatic hydroxyl groups is 1. The predicted molar refractivity (Wildman–Crippen MR) is 124 cm³/mol. The molecule has 3 N–H and O–H groups in total. The Hall–Kier alpha value is -2.45. The highest BCUT2D eigenvalue weighted by molar-refractivity contribution is 6.29. The zero-order valence-corrected chi connectivity index (χ0v) is 19.2. The van der Waals surface area contributed by atoms with Crippen LogP contribution in [0.25, 0.3) is 0 Å². The fourth-order valence-corrected chi connectivity index (χ4v) is 3.80. The maximum Gasteiger partial charge on any atom is 0.416 e. The van der Waals surface area contributed by atoms with Crippen molar-refractivity contribution in [1.82, 2.24) is 15.6 Å². The number of pyridine rings is 1. The number of aryl methyl sites for hydroxylation is 2. The topological polar surface area (TPSA) is 57.2 Å². The van der Waals surface area contributed by atoms with Crippen molar-refractivity contribution in [2.24, 2.45) is 0 Å². The summed E-state index contributed by atoms with van der Waals surface area (Å²) in [4.78, 5) is 4.43. The van der Waals surface area contributed by atoms with Crippen LogP contribution in [0.4, 0.5) is 13.2 Å². The average molecular weight is 478 g/mol. The van der Waals surface area contributed by atoms with Gasteiger partial charge in [0.05, 0.1) is 23.3 Å². The van der Waals surface area contributed by atoms with Crippen LogP contribution in [0, 0.1) is 6.92 Å². The lowest BCUT2D eigenvalue weighted by Crippen LogP contribution is -2.41. The fourth-order valence-electron chi connectivity index (χ4n) is 3.63. The molecule has 1 unspecified atom stereocenters. The quantitative estimate of drug-likeness (QED) is 0.277. The van der Waals surface area contributed by atoms with E-state index in [1.807, 2.05) is 37.3 Å². The van der Waals surface area contributed by atoms with Crippen molar-refractivity contribution < 1.29 is 18.3 Å². The summed E-state index contributed by atoms with van der Waals surface area (Å²) in [6.45, 7) is 1.99. The minimum Gasteiger partial charge on any atom is -0.377 e. The summed E-state index contributed by atoms with van der Waals surface area (Å²) in [7, 11) is 1.67. The van der Waals surface area contributed by atoms with Crippen LogP contribution in [0.15, 0.2) is 66.7 Å². The second-order valence-electron chi connectivity index (χ2n) is 7.96. The minimum absolute atomic E-state index is 0.305. The molecule has 176 valence electrons. The standard InChI is InChI=1S/C25H27ClF3N3O/c1-16-6-11-18(12-7-16)23(24(33)30-2)32-21(20-4-3-5-22(26)31-20)15-10-17-8-13-19(14-9-17)25(27,28)29/h3-9,11-14,21,23-24,30,32-33H,10,15H2,1-2H3/t21-,23+,24?/m0/s1. The molecule has 0 spiro atoms. The summed E-state index contributed by atoms with van der Waals surface area (Å²) in [6.07, 6.45) is -4.18. The lowest BCUT2D eigenvalue weighted by atomic mass is 9.98. The molecular weight excluding hydrogens is 451 g/mol. The molecule has 2 aromatic carbocycles. The van der Waals surface area contributed by atoms with Gasteiger partial charge in [0.25, 0.3) is 0 Å². The van der Waals surface area contributed by atoms with E-state index in [9.17, 15) is 18.3 Å². The van der Waals surface area contributed by atoms with Crippen molar-refractivity contribution >= 4 is 11.6 Å². The maximum absolute atomic E-state index is 12.9. The minimum atomic E-state index is -4.36. The lowest BCUT2D eigenvalue weighted by molar-refractivity contribution is -0.137. The SMILES string of the molecule is CNC(O)[C@H](N[C@@H](CCc1ccc(C(F)(F)F)cc1)c1cccc(Cl)n1)c1ccc(C)cc1. The Kier molecular flexibility index (Phi) is 8.48. The zero-order chi connectivity index (χ0) is 24.0. The van der Waals surface area contributed by atoms with E-state index < -0.39 is 24.0 Å². The number of hydrogen-bond donors (Lipinski definition) is 3. The second-order valence-corrected chi connectivity index (χ2v) is 8.35. The van der Waals surface area contributed by atoms with Crippen molar-refractivity contribution in [2.75, 3.05) is 7.05 Å². The van der Waals surface area contributed by atoms with Gasteiger partial charge in [-0.2, -0.15) is 13.2 Å². The number of halogens is 4. The van der Waals surface area contributed by atoms with Gasteiger partial charge in [-0.3, -0.25) is 10.6 Å². The number of nitrogens with one attached hydrogen (secondary N) is 2. The van der Waals surface area contributed by atoms with Crippen LogP contribution in [0.3, 0.4) is 0 Å². The van der Waals surface area contributed by atoms with Crippen LogP contribution in [-0.4, -0.2) is 23.4 Å². The fraction of sp³-hybridized carbons (Fsp3) is 0.320. The highest BCUT2D eigenvalue weighted by Crippen LogP contribution is 2.30. The molecule has 8 heteroatoms. The molecule has 0 aliphatic rings. The van der Waals surface area contributed by atoms with E-state index in [1.165, 1.54) is 12.1 Å². The Morgan fingerprint density at radius 1 is 1.00 bits per heavy atom. The van der Waals surface area contributed by atoms with Gasteiger partial charge in [-0.25, -0.2) is 4.98 Å². The Labute approximate surface area is 196 Å². The first-order valence-electron chi connectivity index (χ1n) is 10.6. The van der Waals surface area contributed by atoms with Gasteiger partial charge in [-0.15, -0.1) is 0 Å². The first-order valence-corrected chi connectivity index (χ1v) is 11.0. The van der Waals surface area contributed by atoms with Crippen LogP contribution < -0.4 is 10.6 Å². The van der Waals surface area contributed by atoms with Crippen LogP contribution in [0.2, 0.25) is 5.15 Å². The summed E-state index contributed by atoms with van der Waals surface area (Å²) in [5.74, 6) is 0. The largest absolute Gasteiger partial charge is 0.416 e. The number of nitrogens with zero attached hydrogens (tertiary/aromatic N) is 1. The van der Waals surface area contributed by atoms with Gasteiger partial charge >= 0.3 is 6.18 Å². The molecule has 3 aromatic rings. The highest BCUT2D eigenvalue weighted by atomic mass is 35.5. The molecule has 1 heterocycles. The molecule has 0 saturated heterocycles. The first-order chi connectivity index (χ1) is 15.7. The summed E-state index contributed by atoms with van der Waals surface area (Å²) < 4.78 is 38.6. The lowest BCUT2D eigenvalue weighted by Gasteiger charge is -2.29. The van der Waals surface area contributed by atoms with Gasteiger partial charge in [0, 0.05) is 0 Å². The van der Waals surface area contributed by atoms with Gasteiger partial charge in [0.1, 0.15) is 11.4 Å². The number of likely N-dealkylation sites (N-methyl/N-ethyl adjacent to an activating group) is 1. The number of aliphatic hydroxyl groups excluding tert-OH is 1. The summed E-state index contributed by atoms with van der Waals surface area (Å²) in [5.41, 5.74) is 2.79. The molecule has 0 bridgehead atoms. The second kappa shape index (κ2) is 11.1. The van der Waals surface area contributed by atoms with Crippen molar-refractivity contribution in [1.29, 1.82) is 0 Å². The van der Waals surface area contributed by atoms with Gasteiger partial charge in [-0.1, -0.05) is 59.6 Å². The third kappa shape index (κ3) is 7.01. The van der Waals surface area contributed by atoms with Gasteiger partial charge < -0.3 is 5.11 Å². The molecule has 0 fully saturated rings. The van der Waals surface area contributed by atoms with E-state index in [-0.39, 0.29) is 6.04 Å². The number of hydrogen-bond acceptors (Lipinski definition) is 4. The van der Waals surface area contributed by atoms with Crippen LogP contribution in [0.1, 0.15) is 46.5 Å². The summed E-state index contributed by atoms with van der Waals surface area (Å²) >= 11 is 6.12. The third-order valence-corrected chi connectivity index (χ3v) is 5.74. The Morgan fingerprint density at radius 2 is 1.67 bits per heavy atom. The van der Waals surface area contributed by atoms with Crippen LogP contribution >= 0.6 is 11.6 Å². The van der Waals surface area contributed by atoms with E-state index in [0.29, 0.717) is 23.7 Å². The molecule has 3 atom stereocenters. The van der Waals surface area contributed by atoms with Crippen molar-refractivity contribution in [3.05, 3.63) is 99.8 Å². The monoisotopic (exact) mass is 477 g/mol. The number of benzene rings is 2. The molecule has 4 nitrogen and oxygen atoms in total. The molecule has 33 heavy (non-hydrogen) atoms. The van der Waals surface area contributed by atoms with E-state index >= 15 is 0 Å². The smallest absolute Gasteiger partial charge is 0.377 e.